The number of rotatable bonds is 3. The topological polar surface area (TPSA) is 0 Å². The van der Waals surface area contributed by atoms with Gasteiger partial charge in [-0.3, -0.25) is 0 Å². The molecule has 1 fully saturated rings. The molecule has 1 unspecified atom stereocenters. The number of halogens is 1. The number of hydrogen-bond acceptors (Lipinski definition) is 0. The van der Waals surface area contributed by atoms with Crippen LogP contribution in [0.1, 0.15) is 57.5 Å². The standard InChI is InChI=1S/C16H23Br/c1-9-10(2)12(4)16(13(5)11(9)3)15(17)8-14-6-7-14/h14-15H,6-8H2,1-5H3. The van der Waals surface area contributed by atoms with E-state index in [0.717, 1.165) is 5.92 Å². The molecule has 0 heterocycles. The largest absolute Gasteiger partial charge is 0.0838 e. The Kier molecular flexibility index (Phi) is 3.68. The lowest BCUT2D eigenvalue weighted by Gasteiger charge is -2.22. The van der Waals surface area contributed by atoms with Gasteiger partial charge in [0.05, 0.1) is 0 Å². The zero-order valence-electron chi connectivity index (χ0n) is 11.7. The molecular formula is C16H23Br. The van der Waals surface area contributed by atoms with Gasteiger partial charge in [-0.2, -0.15) is 0 Å². The molecule has 0 N–H and O–H groups in total. The van der Waals surface area contributed by atoms with E-state index in [1.807, 2.05) is 0 Å². The molecule has 0 saturated heterocycles. The zero-order valence-corrected chi connectivity index (χ0v) is 13.2. The minimum absolute atomic E-state index is 0.549. The fraction of sp³-hybridized carbons (Fsp3) is 0.625. The molecule has 0 aromatic heterocycles. The second-order valence-corrected chi connectivity index (χ2v) is 6.79. The molecule has 0 radical (unpaired) electrons. The average molecular weight is 295 g/mol. The summed E-state index contributed by atoms with van der Waals surface area (Å²) in [7, 11) is 0. The lowest BCUT2D eigenvalue weighted by Crippen LogP contribution is -2.05. The summed E-state index contributed by atoms with van der Waals surface area (Å²) in [6.07, 6.45) is 4.18. The first kappa shape index (κ1) is 13.1. The number of hydrogen-bond donors (Lipinski definition) is 0. The fourth-order valence-corrected chi connectivity index (χ4v) is 3.98. The van der Waals surface area contributed by atoms with E-state index in [-0.39, 0.29) is 0 Å². The molecule has 0 nitrogen and oxygen atoms in total. The number of alkyl halides is 1. The maximum Gasteiger partial charge on any atom is 0.0403 e. The fourth-order valence-electron chi connectivity index (χ4n) is 2.76. The lowest BCUT2D eigenvalue weighted by molar-refractivity contribution is 0.714. The third kappa shape index (κ3) is 2.45. The van der Waals surface area contributed by atoms with Crippen molar-refractivity contribution in [1.29, 1.82) is 0 Å². The van der Waals surface area contributed by atoms with Crippen molar-refractivity contribution in [1.82, 2.24) is 0 Å². The molecule has 0 aliphatic heterocycles. The van der Waals surface area contributed by atoms with Gasteiger partial charge in [-0.25, -0.2) is 0 Å². The summed E-state index contributed by atoms with van der Waals surface area (Å²) in [4.78, 5) is 0.549. The predicted molar refractivity (Wildman–Crippen MR) is 79.1 cm³/mol. The predicted octanol–water partition coefficient (Wildman–Crippen LogP) is 5.46. The van der Waals surface area contributed by atoms with Gasteiger partial charge in [0.1, 0.15) is 0 Å². The average Bonchev–Trinajstić information content (AvgIpc) is 3.08. The highest BCUT2D eigenvalue weighted by Crippen LogP contribution is 2.44. The van der Waals surface area contributed by atoms with E-state index in [4.69, 9.17) is 0 Å². The molecule has 1 aliphatic carbocycles. The van der Waals surface area contributed by atoms with E-state index in [2.05, 4.69) is 50.5 Å². The monoisotopic (exact) mass is 294 g/mol. The summed E-state index contributed by atoms with van der Waals surface area (Å²) < 4.78 is 0. The van der Waals surface area contributed by atoms with Gasteiger partial charge in [0.15, 0.2) is 0 Å². The molecule has 2 rings (SSSR count). The van der Waals surface area contributed by atoms with Crippen LogP contribution in [-0.4, -0.2) is 0 Å². The minimum Gasteiger partial charge on any atom is -0.0838 e. The van der Waals surface area contributed by atoms with Crippen LogP contribution in [0.15, 0.2) is 0 Å². The zero-order chi connectivity index (χ0) is 12.7. The second kappa shape index (κ2) is 4.76. The molecular weight excluding hydrogens is 272 g/mol. The van der Waals surface area contributed by atoms with Gasteiger partial charge in [-0.05, 0) is 80.3 Å². The Bertz CT molecular complexity index is 412. The van der Waals surface area contributed by atoms with Crippen LogP contribution in [0.25, 0.3) is 0 Å². The van der Waals surface area contributed by atoms with Gasteiger partial charge in [0, 0.05) is 4.83 Å². The highest BCUT2D eigenvalue weighted by atomic mass is 79.9. The summed E-state index contributed by atoms with van der Waals surface area (Å²) >= 11 is 3.92. The third-order valence-corrected chi connectivity index (χ3v) is 5.44. The van der Waals surface area contributed by atoms with Crippen molar-refractivity contribution in [3.05, 3.63) is 33.4 Å². The molecule has 0 spiro atoms. The Morgan fingerprint density at radius 2 is 1.29 bits per heavy atom. The molecule has 17 heavy (non-hydrogen) atoms. The van der Waals surface area contributed by atoms with Crippen molar-refractivity contribution in [2.75, 3.05) is 0 Å². The van der Waals surface area contributed by atoms with Gasteiger partial charge >= 0.3 is 0 Å². The molecule has 1 atom stereocenters. The lowest BCUT2D eigenvalue weighted by atomic mass is 9.87. The molecule has 1 aliphatic rings. The Labute approximate surface area is 114 Å². The summed E-state index contributed by atoms with van der Waals surface area (Å²) in [5, 5.41) is 0. The molecule has 94 valence electrons. The Hall–Kier alpha value is -0.300. The van der Waals surface area contributed by atoms with E-state index >= 15 is 0 Å². The van der Waals surface area contributed by atoms with Crippen LogP contribution in [0.2, 0.25) is 0 Å². The molecule has 1 aromatic rings. The molecule has 0 amide bonds. The first-order chi connectivity index (χ1) is 7.93. The van der Waals surface area contributed by atoms with Crippen LogP contribution >= 0.6 is 15.9 Å². The first-order valence-electron chi connectivity index (χ1n) is 6.64. The summed E-state index contributed by atoms with van der Waals surface area (Å²) in [6, 6.07) is 0. The maximum atomic E-state index is 3.92. The van der Waals surface area contributed by atoms with E-state index < -0.39 is 0 Å². The van der Waals surface area contributed by atoms with Gasteiger partial charge in [-0.1, -0.05) is 28.8 Å². The normalized spacial score (nSPS) is 17.3. The second-order valence-electron chi connectivity index (χ2n) is 5.69. The van der Waals surface area contributed by atoms with Crippen molar-refractivity contribution < 1.29 is 0 Å². The van der Waals surface area contributed by atoms with Gasteiger partial charge in [0.25, 0.3) is 0 Å². The van der Waals surface area contributed by atoms with Crippen molar-refractivity contribution >= 4 is 15.9 Å². The first-order valence-corrected chi connectivity index (χ1v) is 7.56. The quantitative estimate of drug-likeness (QED) is 0.649. The maximum absolute atomic E-state index is 3.92. The molecule has 1 aromatic carbocycles. The summed E-state index contributed by atoms with van der Waals surface area (Å²) in [5.41, 5.74) is 8.96. The van der Waals surface area contributed by atoms with E-state index in [0.29, 0.717) is 4.83 Å². The summed E-state index contributed by atoms with van der Waals surface area (Å²) in [5.74, 6) is 0.972. The molecule has 1 heteroatoms. The van der Waals surface area contributed by atoms with Crippen LogP contribution in [0.5, 0.6) is 0 Å². The van der Waals surface area contributed by atoms with Crippen molar-refractivity contribution in [3.63, 3.8) is 0 Å². The van der Waals surface area contributed by atoms with Crippen LogP contribution in [0.4, 0.5) is 0 Å². The minimum atomic E-state index is 0.549. The highest BCUT2D eigenvalue weighted by Gasteiger charge is 2.27. The van der Waals surface area contributed by atoms with Crippen LogP contribution in [-0.2, 0) is 0 Å². The van der Waals surface area contributed by atoms with Crippen molar-refractivity contribution in [2.45, 2.75) is 58.7 Å². The highest BCUT2D eigenvalue weighted by molar-refractivity contribution is 9.09. The van der Waals surface area contributed by atoms with Crippen LogP contribution < -0.4 is 0 Å². The molecule has 1 saturated carbocycles. The smallest absolute Gasteiger partial charge is 0.0403 e. The van der Waals surface area contributed by atoms with Crippen LogP contribution in [0.3, 0.4) is 0 Å². The van der Waals surface area contributed by atoms with Gasteiger partial charge in [-0.15, -0.1) is 0 Å². The van der Waals surface area contributed by atoms with Crippen molar-refractivity contribution in [2.24, 2.45) is 5.92 Å². The Balaban J connectivity index is 2.44. The Morgan fingerprint density at radius 1 is 0.882 bits per heavy atom. The molecule has 0 bridgehead atoms. The van der Waals surface area contributed by atoms with Crippen LogP contribution in [0, 0.1) is 40.5 Å². The SMILES string of the molecule is Cc1c(C)c(C)c(C(Br)CC2CC2)c(C)c1C. The summed E-state index contributed by atoms with van der Waals surface area (Å²) in [6.45, 7) is 11.3. The van der Waals surface area contributed by atoms with Crippen molar-refractivity contribution in [3.8, 4) is 0 Å². The van der Waals surface area contributed by atoms with Gasteiger partial charge in [0.2, 0.25) is 0 Å². The third-order valence-electron chi connectivity index (χ3n) is 4.61. The van der Waals surface area contributed by atoms with E-state index in [1.54, 1.807) is 5.56 Å². The number of benzene rings is 1. The van der Waals surface area contributed by atoms with E-state index in [1.165, 1.54) is 47.1 Å². The van der Waals surface area contributed by atoms with E-state index in [9.17, 15) is 0 Å². The Morgan fingerprint density at radius 3 is 1.71 bits per heavy atom. The van der Waals surface area contributed by atoms with Gasteiger partial charge < -0.3 is 0 Å².